The minimum absolute atomic E-state index is 0.0107. The van der Waals surface area contributed by atoms with Gasteiger partial charge in [0.25, 0.3) is 5.91 Å². The zero-order valence-electron chi connectivity index (χ0n) is 13.1. The van der Waals surface area contributed by atoms with E-state index < -0.39 is 0 Å². The van der Waals surface area contributed by atoms with Gasteiger partial charge in [0.15, 0.2) is 6.61 Å². The minimum atomic E-state index is -0.130. The molecule has 0 atom stereocenters. The second-order valence-corrected chi connectivity index (χ2v) is 6.19. The molecular weight excluding hydrogens is 320 g/mol. The Kier molecular flexibility index (Phi) is 5.48. The Morgan fingerprint density at radius 2 is 1.67 bits per heavy atom. The van der Waals surface area contributed by atoms with Crippen molar-refractivity contribution in [1.29, 1.82) is 0 Å². The van der Waals surface area contributed by atoms with E-state index in [1.54, 1.807) is 11.3 Å². The van der Waals surface area contributed by atoms with Crippen LogP contribution in [0.25, 0.3) is 0 Å². The van der Waals surface area contributed by atoms with Gasteiger partial charge in [0, 0.05) is 16.3 Å². The smallest absolute Gasteiger partial charge is 0.258 e. The molecule has 3 aromatic rings. The van der Waals surface area contributed by atoms with E-state index in [1.165, 1.54) is 0 Å². The molecule has 0 aliphatic carbocycles. The summed E-state index contributed by atoms with van der Waals surface area (Å²) in [5, 5.41) is 8.12. The number of carbonyl (C=O) groups is 1. The van der Waals surface area contributed by atoms with Crippen LogP contribution >= 0.6 is 11.3 Å². The number of nitrogens with one attached hydrogen (secondary N) is 2. The predicted octanol–water partition coefficient (Wildman–Crippen LogP) is 4.19. The van der Waals surface area contributed by atoms with Crippen molar-refractivity contribution in [2.75, 3.05) is 11.9 Å². The number of hydrogen-bond donors (Lipinski definition) is 2. The summed E-state index contributed by atoms with van der Waals surface area (Å²) in [7, 11) is 0. The first-order valence-corrected chi connectivity index (χ1v) is 8.51. The lowest BCUT2D eigenvalue weighted by molar-refractivity contribution is -0.123. The highest BCUT2D eigenvalue weighted by atomic mass is 32.1. The van der Waals surface area contributed by atoms with Crippen molar-refractivity contribution in [2.45, 2.75) is 6.54 Å². The highest BCUT2D eigenvalue weighted by Gasteiger charge is 2.03. The van der Waals surface area contributed by atoms with E-state index >= 15 is 0 Å². The van der Waals surface area contributed by atoms with Crippen LogP contribution in [0.1, 0.15) is 4.88 Å². The average molecular weight is 338 g/mol. The van der Waals surface area contributed by atoms with Crippen molar-refractivity contribution in [1.82, 2.24) is 5.32 Å². The molecule has 0 unspecified atom stereocenters. The van der Waals surface area contributed by atoms with Crippen LogP contribution in [0.2, 0.25) is 0 Å². The zero-order valence-corrected chi connectivity index (χ0v) is 13.9. The van der Waals surface area contributed by atoms with Gasteiger partial charge in [0.05, 0.1) is 6.54 Å². The summed E-state index contributed by atoms with van der Waals surface area (Å²) in [5.74, 6) is 0.537. The van der Waals surface area contributed by atoms with Gasteiger partial charge >= 0.3 is 0 Å². The average Bonchev–Trinajstić information content (AvgIpc) is 3.14. The largest absolute Gasteiger partial charge is 0.484 e. The molecule has 0 saturated carbocycles. The maximum Gasteiger partial charge on any atom is 0.258 e. The van der Waals surface area contributed by atoms with Gasteiger partial charge in [-0.15, -0.1) is 11.3 Å². The van der Waals surface area contributed by atoms with Crippen LogP contribution in [0.3, 0.4) is 0 Å². The molecule has 3 rings (SSSR count). The molecule has 0 fully saturated rings. The van der Waals surface area contributed by atoms with E-state index in [4.69, 9.17) is 4.74 Å². The number of hydrogen-bond acceptors (Lipinski definition) is 4. The third-order valence-electron chi connectivity index (χ3n) is 3.33. The van der Waals surface area contributed by atoms with Crippen LogP contribution in [0.4, 0.5) is 11.4 Å². The number of amides is 1. The van der Waals surface area contributed by atoms with Crippen molar-refractivity contribution >= 4 is 28.6 Å². The van der Waals surface area contributed by atoms with Crippen molar-refractivity contribution in [3.05, 3.63) is 77.0 Å². The van der Waals surface area contributed by atoms with Gasteiger partial charge in [-0.1, -0.05) is 24.3 Å². The quantitative estimate of drug-likeness (QED) is 0.679. The number of rotatable bonds is 7. The van der Waals surface area contributed by atoms with E-state index in [0.29, 0.717) is 12.3 Å². The van der Waals surface area contributed by atoms with E-state index in [1.807, 2.05) is 72.1 Å². The maximum absolute atomic E-state index is 11.8. The number of anilines is 2. The third-order valence-corrected chi connectivity index (χ3v) is 4.20. The van der Waals surface area contributed by atoms with Gasteiger partial charge in [0.1, 0.15) is 5.75 Å². The standard InChI is InChI=1S/C19H18N2O2S/c22-19(20-13-18-7-4-12-24-18)14-23-17-10-8-16(9-11-17)21-15-5-2-1-3-6-15/h1-12,21H,13-14H2,(H,20,22). The lowest BCUT2D eigenvalue weighted by Gasteiger charge is -2.09. The number of benzene rings is 2. The Morgan fingerprint density at radius 1 is 0.917 bits per heavy atom. The molecule has 0 bridgehead atoms. The molecular formula is C19H18N2O2S. The fraction of sp³-hybridized carbons (Fsp3) is 0.105. The van der Waals surface area contributed by atoms with Crippen molar-refractivity contribution in [3.8, 4) is 5.75 Å². The molecule has 2 N–H and O–H groups in total. The summed E-state index contributed by atoms with van der Waals surface area (Å²) < 4.78 is 5.51. The van der Waals surface area contributed by atoms with Crippen molar-refractivity contribution < 1.29 is 9.53 Å². The van der Waals surface area contributed by atoms with Gasteiger partial charge in [-0.25, -0.2) is 0 Å². The summed E-state index contributed by atoms with van der Waals surface area (Å²) in [6.45, 7) is 0.552. The molecule has 122 valence electrons. The van der Waals surface area contributed by atoms with E-state index in [0.717, 1.165) is 16.3 Å². The molecule has 1 aromatic heterocycles. The number of thiophene rings is 1. The third kappa shape index (κ3) is 4.86. The normalized spacial score (nSPS) is 10.2. The molecule has 1 amide bonds. The minimum Gasteiger partial charge on any atom is -0.484 e. The first-order valence-electron chi connectivity index (χ1n) is 7.63. The van der Waals surface area contributed by atoms with Gasteiger partial charge in [-0.2, -0.15) is 0 Å². The van der Waals surface area contributed by atoms with Crippen LogP contribution in [-0.2, 0) is 11.3 Å². The fourth-order valence-electron chi connectivity index (χ4n) is 2.12. The lowest BCUT2D eigenvalue weighted by atomic mass is 10.2. The van der Waals surface area contributed by atoms with E-state index in [2.05, 4.69) is 10.6 Å². The second-order valence-electron chi connectivity index (χ2n) is 5.16. The van der Waals surface area contributed by atoms with Crippen molar-refractivity contribution in [2.24, 2.45) is 0 Å². The molecule has 0 spiro atoms. The molecule has 24 heavy (non-hydrogen) atoms. The Labute approximate surface area is 145 Å². The highest BCUT2D eigenvalue weighted by molar-refractivity contribution is 7.09. The van der Waals surface area contributed by atoms with Crippen LogP contribution in [0.5, 0.6) is 5.75 Å². The number of para-hydroxylation sites is 1. The van der Waals surface area contributed by atoms with E-state index in [-0.39, 0.29) is 12.5 Å². The molecule has 5 heteroatoms. The van der Waals surface area contributed by atoms with Gasteiger partial charge < -0.3 is 15.4 Å². The van der Waals surface area contributed by atoms with Crippen LogP contribution < -0.4 is 15.4 Å². The Hall–Kier alpha value is -2.79. The second kappa shape index (κ2) is 8.17. The topological polar surface area (TPSA) is 50.4 Å². The van der Waals surface area contributed by atoms with E-state index in [9.17, 15) is 4.79 Å². The molecule has 0 saturated heterocycles. The molecule has 4 nitrogen and oxygen atoms in total. The Balaban J connectivity index is 1.45. The molecule has 0 radical (unpaired) electrons. The molecule has 0 aliphatic heterocycles. The number of carbonyl (C=O) groups excluding carboxylic acids is 1. The summed E-state index contributed by atoms with van der Waals surface area (Å²) in [5.41, 5.74) is 2.00. The van der Waals surface area contributed by atoms with Gasteiger partial charge in [-0.3, -0.25) is 4.79 Å². The predicted molar refractivity (Wildman–Crippen MR) is 97.8 cm³/mol. The summed E-state index contributed by atoms with van der Waals surface area (Å²) >= 11 is 1.62. The van der Waals surface area contributed by atoms with Crippen LogP contribution in [0.15, 0.2) is 72.1 Å². The summed E-state index contributed by atoms with van der Waals surface area (Å²) in [4.78, 5) is 12.9. The SMILES string of the molecule is O=C(COc1ccc(Nc2ccccc2)cc1)NCc1cccs1. The first kappa shape index (κ1) is 16.1. The van der Waals surface area contributed by atoms with Crippen LogP contribution in [-0.4, -0.2) is 12.5 Å². The Bertz CT molecular complexity index is 756. The summed E-state index contributed by atoms with van der Waals surface area (Å²) in [6.07, 6.45) is 0. The summed E-state index contributed by atoms with van der Waals surface area (Å²) in [6, 6.07) is 21.4. The van der Waals surface area contributed by atoms with Gasteiger partial charge in [-0.05, 0) is 47.8 Å². The van der Waals surface area contributed by atoms with Crippen LogP contribution in [0, 0.1) is 0 Å². The molecule has 0 aliphatic rings. The van der Waals surface area contributed by atoms with Gasteiger partial charge in [0.2, 0.25) is 0 Å². The monoisotopic (exact) mass is 338 g/mol. The Morgan fingerprint density at radius 3 is 2.38 bits per heavy atom. The first-order chi connectivity index (χ1) is 11.8. The zero-order chi connectivity index (χ0) is 16.6. The molecule has 1 heterocycles. The van der Waals surface area contributed by atoms with Crippen molar-refractivity contribution in [3.63, 3.8) is 0 Å². The lowest BCUT2D eigenvalue weighted by Crippen LogP contribution is -2.28. The molecule has 2 aromatic carbocycles. The number of ether oxygens (including phenoxy) is 1. The highest BCUT2D eigenvalue weighted by Crippen LogP contribution is 2.19. The fourth-order valence-corrected chi connectivity index (χ4v) is 2.77. The maximum atomic E-state index is 11.8.